The van der Waals surface area contributed by atoms with E-state index in [4.69, 9.17) is 9.31 Å². The maximum absolute atomic E-state index is 6.64. The fraction of sp³-hybridized carbons (Fsp3) is 0.423. The van der Waals surface area contributed by atoms with E-state index in [1.807, 2.05) is 0 Å². The van der Waals surface area contributed by atoms with Gasteiger partial charge in [0.1, 0.15) is 0 Å². The zero-order chi connectivity index (χ0) is 37.9. The molecule has 282 valence electrons. The van der Waals surface area contributed by atoms with E-state index in [1.54, 1.807) is 11.1 Å². The van der Waals surface area contributed by atoms with E-state index in [2.05, 4.69) is 120 Å². The molecule has 0 aromatic heterocycles. The summed E-state index contributed by atoms with van der Waals surface area (Å²) < 4.78 is 13.3. The summed E-state index contributed by atoms with van der Waals surface area (Å²) in [5.74, 6) is 0. The van der Waals surface area contributed by atoms with Crippen molar-refractivity contribution in [2.75, 3.05) is 0 Å². The maximum atomic E-state index is 6.64. The second-order valence-electron chi connectivity index (χ2n) is 17.9. The molecule has 0 radical (unpaired) electrons. The summed E-state index contributed by atoms with van der Waals surface area (Å²) in [5.41, 5.74) is 3.50. The minimum absolute atomic E-state index is 0.386. The monoisotopic (exact) mass is 726 g/mol. The van der Waals surface area contributed by atoms with Crippen molar-refractivity contribution in [3.8, 4) is 0 Å². The van der Waals surface area contributed by atoms with E-state index in [0.29, 0.717) is 0 Å². The van der Waals surface area contributed by atoms with Crippen molar-refractivity contribution in [1.82, 2.24) is 0 Å². The van der Waals surface area contributed by atoms with Crippen LogP contribution in [0.3, 0.4) is 0 Å². The smallest absolute Gasteiger partial charge is 0.399 e. The average Bonchev–Trinajstić information content (AvgIpc) is 3.76. The van der Waals surface area contributed by atoms with Crippen LogP contribution in [0.5, 0.6) is 0 Å². The Morgan fingerprint density at radius 2 is 0.873 bits per heavy atom. The summed E-state index contributed by atoms with van der Waals surface area (Å²) in [5, 5.41) is 19.8. The summed E-state index contributed by atoms with van der Waals surface area (Å²) in [4.78, 5) is 0. The molecule has 1 fully saturated rings. The van der Waals surface area contributed by atoms with Crippen LogP contribution in [0.25, 0.3) is 75.4 Å². The highest BCUT2D eigenvalue weighted by molar-refractivity contribution is 6.66. The molecule has 0 amide bonds. The first-order valence-corrected chi connectivity index (χ1v) is 21.8. The van der Waals surface area contributed by atoms with Gasteiger partial charge in [0, 0.05) is 0 Å². The number of unbranched alkanes of at least 4 members (excludes halogenated alkanes) is 10. The van der Waals surface area contributed by atoms with Crippen molar-refractivity contribution in [3.05, 3.63) is 90.0 Å². The highest BCUT2D eigenvalue weighted by atomic mass is 16.7. The fourth-order valence-corrected chi connectivity index (χ4v) is 10.2. The van der Waals surface area contributed by atoms with E-state index >= 15 is 0 Å². The van der Waals surface area contributed by atoms with E-state index in [0.717, 1.165) is 18.3 Å². The molecule has 1 aliphatic rings. The van der Waals surface area contributed by atoms with Gasteiger partial charge >= 0.3 is 7.12 Å². The lowest BCUT2D eigenvalue weighted by Crippen LogP contribution is -2.41. The van der Waals surface area contributed by atoms with Gasteiger partial charge in [-0.05, 0) is 158 Å². The summed E-state index contributed by atoms with van der Waals surface area (Å²) in [6.45, 7) is 13.2. The van der Waals surface area contributed by atoms with Crippen LogP contribution in [0, 0.1) is 0 Å². The third-order valence-electron chi connectivity index (χ3n) is 13.8. The first kappa shape index (κ1) is 36.7. The van der Waals surface area contributed by atoms with Crippen LogP contribution in [0.1, 0.15) is 130 Å². The Labute approximate surface area is 328 Å². The average molecular weight is 727 g/mol. The van der Waals surface area contributed by atoms with Gasteiger partial charge in [0.15, 0.2) is 0 Å². The SMILES string of the molecule is CCCCCCCCc1c2cc3c(cc2c(CCCCCCCC)c2c4cccc5cccc(c12)c54)c1ccc(B2OC(C)(C)C(C)(C)O2)c2cccc3c21. The van der Waals surface area contributed by atoms with Crippen molar-refractivity contribution in [2.45, 2.75) is 143 Å². The number of hydrogen-bond acceptors (Lipinski definition) is 2. The molecule has 0 N–H and O–H groups in total. The number of hydrogen-bond donors (Lipinski definition) is 0. The molecule has 8 aromatic carbocycles. The fourth-order valence-electron chi connectivity index (χ4n) is 10.2. The molecule has 0 aliphatic carbocycles. The number of aryl methyl sites for hydroxylation is 2. The standard InChI is InChI=1S/C52H59BO2/c1-7-9-11-13-15-17-24-36-43-32-42-35-26-21-27-39-46(53-54-51(3,4)52(5,6)55-53)31-30-38(48(35)39)45(42)33-44(43)37(25-18-16-14-12-10-8-2)50-41-29-20-23-34-22-19-28-40(47(34)41)49(36)50/h19-23,26-33H,7-18,24-25H2,1-6H3. The van der Waals surface area contributed by atoms with Gasteiger partial charge in [0.25, 0.3) is 0 Å². The van der Waals surface area contributed by atoms with Crippen LogP contribution in [0.4, 0.5) is 0 Å². The van der Waals surface area contributed by atoms with Crippen LogP contribution < -0.4 is 5.46 Å². The Kier molecular flexibility index (Phi) is 9.71. The van der Waals surface area contributed by atoms with Gasteiger partial charge in [0.2, 0.25) is 0 Å². The van der Waals surface area contributed by atoms with E-state index in [-0.39, 0.29) is 11.2 Å². The Hall–Kier alpha value is -3.92. The number of fused-ring (bicyclic) bond motifs is 7. The first-order valence-electron chi connectivity index (χ1n) is 21.8. The second-order valence-corrected chi connectivity index (χ2v) is 17.9. The number of rotatable bonds is 15. The van der Waals surface area contributed by atoms with Gasteiger partial charge in [0.05, 0.1) is 11.2 Å². The van der Waals surface area contributed by atoms with Gasteiger partial charge in [-0.15, -0.1) is 0 Å². The molecule has 0 bridgehead atoms. The van der Waals surface area contributed by atoms with Gasteiger partial charge < -0.3 is 9.31 Å². The van der Waals surface area contributed by atoms with Crippen LogP contribution in [-0.4, -0.2) is 18.3 Å². The van der Waals surface area contributed by atoms with E-state index in [1.165, 1.54) is 152 Å². The van der Waals surface area contributed by atoms with Crippen molar-refractivity contribution in [2.24, 2.45) is 0 Å². The normalized spacial score (nSPS) is 15.9. The Balaban J connectivity index is 1.29. The molecule has 1 aliphatic heterocycles. The van der Waals surface area contributed by atoms with Gasteiger partial charge in [-0.3, -0.25) is 0 Å². The third-order valence-corrected chi connectivity index (χ3v) is 13.8. The summed E-state index contributed by atoms with van der Waals surface area (Å²) in [6.07, 6.45) is 17.9. The molecule has 2 nitrogen and oxygen atoms in total. The lowest BCUT2D eigenvalue weighted by atomic mass is 9.75. The summed E-state index contributed by atoms with van der Waals surface area (Å²) in [6, 6.07) is 30.8. The third kappa shape index (κ3) is 6.07. The molecule has 8 aromatic rings. The zero-order valence-electron chi connectivity index (χ0n) is 34.3. The maximum Gasteiger partial charge on any atom is 0.495 e. The molecule has 1 saturated heterocycles. The van der Waals surface area contributed by atoms with Crippen LogP contribution >= 0.6 is 0 Å². The second kappa shape index (κ2) is 14.5. The minimum Gasteiger partial charge on any atom is -0.399 e. The molecular formula is C52H59BO2. The molecule has 0 saturated carbocycles. The van der Waals surface area contributed by atoms with Crippen molar-refractivity contribution < 1.29 is 9.31 Å². The van der Waals surface area contributed by atoms with E-state index < -0.39 is 7.12 Å². The molecular weight excluding hydrogens is 667 g/mol. The Morgan fingerprint density at radius 3 is 1.42 bits per heavy atom. The highest BCUT2D eigenvalue weighted by Gasteiger charge is 2.52. The zero-order valence-corrected chi connectivity index (χ0v) is 34.3. The Morgan fingerprint density at radius 1 is 0.418 bits per heavy atom. The molecule has 0 unspecified atom stereocenters. The van der Waals surface area contributed by atoms with Crippen molar-refractivity contribution >= 4 is 88.0 Å². The first-order chi connectivity index (χ1) is 26.7. The lowest BCUT2D eigenvalue weighted by molar-refractivity contribution is 0.00578. The lowest BCUT2D eigenvalue weighted by Gasteiger charge is -2.32. The molecule has 1 heterocycles. The van der Waals surface area contributed by atoms with Crippen molar-refractivity contribution in [1.29, 1.82) is 0 Å². The van der Waals surface area contributed by atoms with Gasteiger partial charge in [-0.2, -0.15) is 0 Å². The highest BCUT2D eigenvalue weighted by Crippen LogP contribution is 2.49. The quantitative estimate of drug-likeness (QED) is 0.0773. The molecule has 9 rings (SSSR count). The molecule has 55 heavy (non-hydrogen) atoms. The van der Waals surface area contributed by atoms with Crippen LogP contribution in [0.2, 0.25) is 0 Å². The molecule has 0 spiro atoms. The van der Waals surface area contributed by atoms with Gasteiger partial charge in [-0.25, -0.2) is 0 Å². The topological polar surface area (TPSA) is 18.5 Å². The predicted molar refractivity (Wildman–Crippen MR) is 241 cm³/mol. The van der Waals surface area contributed by atoms with Crippen molar-refractivity contribution in [3.63, 3.8) is 0 Å². The summed E-state index contributed by atoms with van der Waals surface area (Å²) >= 11 is 0. The van der Waals surface area contributed by atoms with Crippen LogP contribution in [-0.2, 0) is 22.2 Å². The molecule has 0 atom stereocenters. The van der Waals surface area contributed by atoms with Crippen LogP contribution in [0.15, 0.2) is 78.9 Å². The largest absolute Gasteiger partial charge is 0.495 e. The van der Waals surface area contributed by atoms with Gasteiger partial charge in [-0.1, -0.05) is 145 Å². The van der Waals surface area contributed by atoms with E-state index in [9.17, 15) is 0 Å². The molecule has 3 heteroatoms. The predicted octanol–water partition coefficient (Wildman–Crippen LogP) is 14.7. The number of benzene rings is 6. The Bertz CT molecular complexity index is 2510. The summed E-state index contributed by atoms with van der Waals surface area (Å²) in [7, 11) is -0.393. The minimum atomic E-state index is -0.393.